The lowest BCUT2D eigenvalue weighted by Gasteiger charge is -2.38. The van der Waals surface area contributed by atoms with E-state index >= 15 is 0 Å². The van der Waals surface area contributed by atoms with Gasteiger partial charge in [0, 0.05) is 30.0 Å². The summed E-state index contributed by atoms with van der Waals surface area (Å²) in [4.78, 5) is 25.4. The molecule has 1 saturated heterocycles. The molecular weight excluding hydrogens is 294 g/mol. The fourth-order valence-corrected chi connectivity index (χ4v) is 2.82. The van der Waals surface area contributed by atoms with Crippen molar-refractivity contribution in [1.82, 2.24) is 25.1 Å². The Kier molecular flexibility index (Phi) is 3.65. The molecule has 8 nitrogen and oxygen atoms in total. The van der Waals surface area contributed by atoms with Crippen LogP contribution in [-0.2, 0) is 16.1 Å². The predicted molar refractivity (Wildman–Crippen MR) is 73.5 cm³/mol. The fourth-order valence-electron chi connectivity index (χ4n) is 2.19. The largest absolute Gasteiger partial charge is 0.481 e. The molecule has 1 N–H and O–H groups in total. The average Bonchev–Trinajstić information content (AvgIpc) is 3.02. The van der Waals surface area contributed by atoms with Crippen molar-refractivity contribution in [1.29, 1.82) is 0 Å². The second kappa shape index (κ2) is 5.60. The van der Waals surface area contributed by atoms with E-state index in [9.17, 15) is 9.59 Å². The Labute approximate surface area is 124 Å². The van der Waals surface area contributed by atoms with Crippen molar-refractivity contribution in [3.05, 3.63) is 16.8 Å². The summed E-state index contributed by atoms with van der Waals surface area (Å²) in [5.74, 6) is -0.399. The number of aliphatic carboxylic acids is 1. The number of hydrogen-bond acceptors (Lipinski definition) is 6. The molecule has 1 fully saturated rings. The van der Waals surface area contributed by atoms with Crippen LogP contribution in [0, 0.1) is 5.92 Å². The van der Waals surface area contributed by atoms with Crippen LogP contribution in [0.25, 0.3) is 11.4 Å². The SMILES string of the molecule is O=C(O)CC1CN(C(=O)Cn2nnc(-c3ccsc3)n2)C1. The molecule has 9 heteroatoms. The van der Waals surface area contributed by atoms with E-state index < -0.39 is 5.97 Å². The zero-order chi connectivity index (χ0) is 14.8. The second-order valence-corrected chi connectivity index (χ2v) is 5.70. The van der Waals surface area contributed by atoms with Crippen LogP contribution in [0.5, 0.6) is 0 Å². The van der Waals surface area contributed by atoms with E-state index in [1.54, 1.807) is 16.2 Å². The smallest absolute Gasteiger partial charge is 0.303 e. The maximum atomic E-state index is 12.0. The summed E-state index contributed by atoms with van der Waals surface area (Å²) in [7, 11) is 0. The van der Waals surface area contributed by atoms with Crippen molar-refractivity contribution in [3.8, 4) is 11.4 Å². The Bertz CT molecular complexity index is 648. The van der Waals surface area contributed by atoms with Gasteiger partial charge in [-0.05, 0) is 16.7 Å². The third kappa shape index (κ3) is 3.07. The summed E-state index contributed by atoms with van der Waals surface area (Å²) in [5.41, 5.74) is 0.879. The summed E-state index contributed by atoms with van der Waals surface area (Å²) in [6, 6.07) is 1.89. The highest BCUT2D eigenvalue weighted by atomic mass is 32.1. The summed E-state index contributed by atoms with van der Waals surface area (Å²) < 4.78 is 0. The van der Waals surface area contributed by atoms with Gasteiger partial charge in [0.1, 0.15) is 6.54 Å². The highest BCUT2D eigenvalue weighted by molar-refractivity contribution is 7.08. The molecule has 0 spiro atoms. The number of thiophene rings is 1. The molecule has 0 aromatic carbocycles. The highest BCUT2D eigenvalue weighted by Gasteiger charge is 2.32. The normalized spacial score (nSPS) is 15.0. The van der Waals surface area contributed by atoms with Crippen molar-refractivity contribution in [2.45, 2.75) is 13.0 Å². The number of hydrogen-bond donors (Lipinski definition) is 1. The number of amides is 1. The van der Waals surface area contributed by atoms with Crippen LogP contribution in [0.2, 0.25) is 0 Å². The van der Waals surface area contributed by atoms with Crippen molar-refractivity contribution in [2.24, 2.45) is 5.92 Å². The second-order valence-electron chi connectivity index (χ2n) is 4.92. The minimum Gasteiger partial charge on any atom is -0.481 e. The first-order chi connectivity index (χ1) is 10.1. The van der Waals surface area contributed by atoms with E-state index in [2.05, 4.69) is 15.4 Å². The van der Waals surface area contributed by atoms with Crippen molar-refractivity contribution < 1.29 is 14.7 Å². The maximum Gasteiger partial charge on any atom is 0.303 e. The number of likely N-dealkylation sites (tertiary alicyclic amines) is 1. The van der Waals surface area contributed by atoms with Gasteiger partial charge in [-0.3, -0.25) is 9.59 Å². The Hall–Kier alpha value is -2.29. The molecule has 3 rings (SSSR count). The van der Waals surface area contributed by atoms with Crippen LogP contribution < -0.4 is 0 Å². The summed E-state index contributed by atoms with van der Waals surface area (Å²) in [5, 5.41) is 24.4. The Balaban J connectivity index is 1.53. The number of carboxylic acids is 1. The van der Waals surface area contributed by atoms with E-state index in [0.717, 1.165) is 5.56 Å². The van der Waals surface area contributed by atoms with Crippen molar-refractivity contribution in [3.63, 3.8) is 0 Å². The third-order valence-corrected chi connectivity index (χ3v) is 3.97. The first kappa shape index (κ1) is 13.7. The van der Waals surface area contributed by atoms with E-state index in [4.69, 9.17) is 5.11 Å². The number of aromatic nitrogens is 4. The van der Waals surface area contributed by atoms with Crippen LogP contribution in [0.4, 0.5) is 0 Å². The van der Waals surface area contributed by atoms with Gasteiger partial charge in [-0.25, -0.2) is 0 Å². The minimum absolute atomic E-state index is 0.0247. The Morgan fingerprint density at radius 1 is 1.43 bits per heavy atom. The topological polar surface area (TPSA) is 101 Å². The predicted octanol–water partition coefficient (Wildman–Crippen LogP) is 0.335. The molecule has 110 valence electrons. The summed E-state index contributed by atoms with van der Waals surface area (Å²) in [6.45, 7) is 0.991. The molecule has 0 atom stereocenters. The Morgan fingerprint density at radius 2 is 2.24 bits per heavy atom. The lowest BCUT2D eigenvalue weighted by Crippen LogP contribution is -2.51. The first-order valence-corrected chi connectivity index (χ1v) is 7.36. The summed E-state index contributed by atoms with van der Waals surface area (Å²) in [6.07, 6.45) is 0.105. The molecule has 3 heterocycles. The van der Waals surface area contributed by atoms with E-state index in [-0.39, 0.29) is 24.8 Å². The molecule has 2 aromatic rings. The molecule has 0 aliphatic carbocycles. The molecular formula is C12H13N5O3S. The molecule has 1 aliphatic heterocycles. The van der Waals surface area contributed by atoms with Crippen LogP contribution in [0.1, 0.15) is 6.42 Å². The lowest BCUT2D eigenvalue weighted by molar-refractivity contribution is -0.145. The zero-order valence-corrected chi connectivity index (χ0v) is 11.9. The molecule has 2 aromatic heterocycles. The number of carbonyl (C=O) groups excluding carboxylic acids is 1. The number of carbonyl (C=O) groups is 2. The van der Waals surface area contributed by atoms with Gasteiger partial charge in [-0.2, -0.15) is 16.1 Å². The monoisotopic (exact) mass is 307 g/mol. The van der Waals surface area contributed by atoms with Gasteiger partial charge in [-0.1, -0.05) is 0 Å². The third-order valence-electron chi connectivity index (χ3n) is 3.28. The summed E-state index contributed by atoms with van der Waals surface area (Å²) >= 11 is 1.54. The number of tetrazole rings is 1. The van der Waals surface area contributed by atoms with Gasteiger partial charge < -0.3 is 10.0 Å². The maximum absolute atomic E-state index is 12.0. The van der Waals surface area contributed by atoms with Gasteiger partial charge in [0.15, 0.2) is 0 Å². The molecule has 0 unspecified atom stereocenters. The van der Waals surface area contributed by atoms with Crippen molar-refractivity contribution >= 4 is 23.2 Å². The first-order valence-electron chi connectivity index (χ1n) is 6.42. The number of rotatable bonds is 5. The molecule has 1 amide bonds. The lowest BCUT2D eigenvalue weighted by atomic mass is 9.96. The number of nitrogens with zero attached hydrogens (tertiary/aromatic N) is 5. The molecule has 0 saturated carbocycles. The van der Waals surface area contributed by atoms with E-state index in [1.807, 2.05) is 16.8 Å². The van der Waals surface area contributed by atoms with Crippen LogP contribution in [0.3, 0.4) is 0 Å². The zero-order valence-electron chi connectivity index (χ0n) is 11.0. The van der Waals surface area contributed by atoms with Gasteiger partial charge in [-0.15, -0.1) is 10.2 Å². The van der Waals surface area contributed by atoms with Gasteiger partial charge in [0.05, 0.1) is 6.42 Å². The average molecular weight is 307 g/mol. The van der Waals surface area contributed by atoms with E-state index in [0.29, 0.717) is 18.9 Å². The molecule has 0 radical (unpaired) electrons. The van der Waals surface area contributed by atoms with Crippen molar-refractivity contribution in [2.75, 3.05) is 13.1 Å². The van der Waals surface area contributed by atoms with Gasteiger partial charge in [0.2, 0.25) is 11.7 Å². The molecule has 1 aliphatic rings. The standard InChI is InChI=1S/C12H13N5O3S/c18-10(16-4-8(5-16)3-11(19)20)6-17-14-12(13-15-17)9-1-2-21-7-9/h1-2,7-8H,3-6H2,(H,19,20). The molecule has 0 bridgehead atoms. The van der Waals surface area contributed by atoms with Gasteiger partial charge >= 0.3 is 5.97 Å². The quantitative estimate of drug-likeness (QED) is 0.854. The van der Waals surface area contributed by atoms with Crippen LogP contribution in [-0.4, -0.2) is 55.2 Å². The van der Waals surface area contributed by atoms with Crippen LogP contribution in [0.15, 0.2) is 16.8 Å². The Morgan fingerprint density at radius 3 is 2.90 bits per heavy atom. The van der Waals surface area contributed by atoms with E-state index in [1.165, 1.54) is 4.80 Å². The van der Waals surface area contributed by atoms with Gasteiger partial charge in [0.25, 0.3) is 0 Å². The highest BCUT2D eigenvalue weighted by Crippen LogP contribution is 2.20. The molecule has 21 heavy (non-hydrogen) atoms. The van der Waals surface area contributed by atoms with Crippen LogP contribution >= 0.6 is 11.3 Å². The number of carboxylic acid groups (broad SMARTS) is 1. The fraction of sp³-hybridized carbons (Fsp3) is 0.417. The minimum atomic E-state index is -0.828.